The molecule has 194 valence electrons. The van der Waals surface area contributed by atoms with E-state index < -0.39 is 23.3 Å². The van der Waals surface area contributed by atoms with Crippen LogP contribution in [0.1, 0.15) is 45.0 Å². The fourth-order valence-corrected chi connectivity index (χ4v) is 4.45. The fourth-order valence-electron chi connectivity index (χ4n) is 3.63. The maximum Gasteiger partial charge on any atom is 0.407 e. The van der Waals surface area contributed by atoms with Crippen LogP contribution in [-0.2, 0) is 20.6 Å². The number of halogens is 2. The van der Waals surface area contributed by atoms with Gasteiger partial charge in [0.15, 0.2) is 11.6 Å². The van der Waals surface area contributed by atoms with Crippen LogP contribution in [0.15, 0.2) is 17.5 Å². The summed E-state index contributed by atoms with van der Waals surface area (Å²) >= 11 is 1.51. The minimum atomic E-state index is -1.05. The van der Waals surface area contributed by atoms with Crippen molar-refractivity contribution in [1.82, 2.24) is 10.3 Å². The van der Waals surface area contributed by atoms with Crippen LogP contribution in [-0.4, -0.2) is 56.3 Å². The van der Waals surface area contributed by atoms with E-state index in [0.29, 0.717) is 17.2 Å². The smallest absolute Gasteiger partial charge is 0.407 e. The summed E-state index contributed by atoms with van der Waals surface area (Å²) in [6.07, 6.45) is 3.49. The number of carbonyl (C=O) groups is 1. The lowest BCUT2D eigenvalue weighted by molar-refractivity contribution is 0.0488. The molecule has 3 rings (SSSR count). The van der Waals surface area contributed by atoms with Gasteiger partial charge in [-0.05, 0) is 64.5 Å². The summed E-state index contributed by atoms with van der Waals surface area (Å²) in [5.74, 6) is -1.58. The van der Waals surface area contributed by atoms with Crippen LogP contribution in [0.5, 0.6) is 5.75 Å². The zero-order valence-corrected chi connectivity index (χ0v) is 21.3. The molecule has 35 heavy (non-hydrogen) atoms. The number of alkyl carbamates (subject to hydrolysis) is 1. The first-order valence-electron chi connectivity index (χ1n) is 11.9. The summed E-state index contributed by atoms with van der Waals surface area (Å²) < 4.78 is 50.0. The molecular formula is C25H34F2N2O5S. The average molecular weight is 513 g/mol. The van der Waals surface area contributed by atoms with Crippen LogP contribution in [0.4, 0.5) is 13.6 Å². The number of thiazole rings is 1. The van der Waals surface area contributed by atoms with Crippen molar-refractivity contribution < 1.29 is 32.5 Å². The normalized spacial score (nSPS) is 14.7. The third kappa shape index (κ3) is 9.01. The molecule has 1 aliphatic rings. The Kier molecular flexibility index (Phi) is 10.2. The molecular weight excluding hydrogens is 478 g/mol. The van der Waals surface area contributed by atoms with Gasteiger partial charge in [-0.15, -0.1) is 11.3 Å². The van der Waals surface area contributed by atoms with E-state index in [1.165, 1.54) is 17.4 Å². The molecule has 1 aliphatic heterocycles. The average Bonchev–Trinajstić information content (AvgIpc) is 3.28. The molecule has 0 aliphatic carbocycles. The predicted octanol–water partition coefficient (Wildman–Crippen LogP) is 5.37. The van der Waals surface area contributed by atoms with Crippen LogP contribution in [0.3, 0.4) is 0 Å². The fraction of sp³-hybridized carbons (Fsp3) is 0.600. The molecule has 1 amide bonds. The van der Waals surface area contributed by atoms with Gasteiger partial charge in [-0.3, -0.25) is 0 Å². The van der Waals surface area contributed by atoms with Gasteiger partial charge >= 0.3 is 6.09 Å². The van der Waals surface area contributed by atoms with E-state index in [4.69, 9.17) is 18.9 Å². The van der Waals surface area contributed by atoms with Gasteiger partial charge < -0.3 is 24.3 Å². The van der Waals surface area contributed by atoms with Gasteiger partial charge in [0.05, 0.1) is 23.9 Å². The minimum absolute atomic E-state index is 0.0144. The summed E-state index contributed by atoms with van der Waals surface area (Å²) in [4.78, 5) is 16.2. The molecule has 1 N–H and O–H groups in total. The monoisotopic (exact) mass is 512 g/mol. The van der Waals surface area contributed by atoms with E-state index in [1.54, 1.807) is 20.8 Å². The maximum atomic E-state index is 14.6. The Balaban J connectivity index is 1.48. The van der Waals surface area contributed by atoms with E-state index in [1.807, 2.05) is 5.38 Å². The van der Waals surface area contributed by atoms with E-state index in [2.05, 4.69) is 10.3 Å². The highest BCUT2D eigenvalue weighted by molar-refractivity contribution is 7.09. The summed E-state index contributed by atoms with van der Waals surface area (Å²) in [6.45, 7) is 7.59. The largest absolute Gasteiger partial charge is 0.487 e. The summed E-state index contributed by atoms with van der Waals surface area (Å²) in [6, 6.07) is 2.56. The highest BCUT2D eigenvalue weighted by atomic mass is 32.1. The summed E-state index contributed by atoms with van der Waals surface area (Å²) in [7, 11) is 0. The number of hydrogen-bond acceptors (Lipinski definition) is 7. The Morgan fingerprint density at radius 3 is 2.71 bits per heavy atom. The molecule has 10 heteroatoms. The van der Waals surface area contributed by atoms with Crippen LogP contribution in [0, 0.1) is 17.6 Å². The molecule has 1 aromatic carbocycles. The Morgan fingerprint density at radius 1 is 1.20 bits per heavy atom. The topological polar surface area (TPSA) is 78.9 Å². The number of carbonyl (C=O) groups excluding carboxylic acids is 1. The Morgan fingerprint density at radius 2 is 1.97 bits per heavy atom. The lowest BCUT2D eigenvalue weighted by atomic mass is 9.95. The number of benzene rings is 1. The van der Waals surface area contributed by atoms with Crippen molar-refractivity contribution in [3.05, 3.63) is 34.2 Å². The van der Waals surface area contributed by atoms with Gasteiger partial charge in [-0.25, -0.2) is 14.2 Å². The van der Waals surface area contributed by atoms with Gasteiger partial charge in [0, 0.05) is 30.7 Å². The third-order valence-electron chi connectivity index (χ3n) is 5.37. The molecule has 0 saturated carbocycles. The van der Waals surface area contributed by atoms with Crippen LogP contribution in [0.25, 0.3) is 11.3 Å². The second kappa shape index (κ2) is 13.1. The maximum absolute atomic E-state index is 14.6. The van der Waals surface area contributed by atoms with E-state index in [-0.39, 0.29) is 32.1 Å². The van der Waals surface area contributed by atoms with Gasteiger partial charge in [0.25, 0.3) is 0 Å². The number of amides is 1. The number of ether oxygens (including phenoxy) is 4. The molecule has 2 heterocycles. The Bertz CT molecular complexity index is 958. The van der Waals surface area contributed by atoms with Crippen LogP contribution >= 0.6 is 11.3 Å². The zero-order valence-electron chi connectivity index (χ0n) is 20.5. The van der Waals surface area contributed by atoms with Crippen LogP contribution < -0.4 is 10.1 Å². The minimum Gasteiger partial charge on any atom is -0.487 e. The Hall–Kier alpha value is -2.30. The molecule has 1 aromatic heterocycles. The highest BCUT2D eigenvalue weighted by Gasteiger charge is 2.20. The van der Waals surface area contributed by atoms with Gasteiger partial charge in [-0.2, -0.15) is 4.39 Å². The number of rotatable bonds is 11. The van der Waals surface area contributed by atoms with Gasteiger partial charge in [0.1, 0.15) is 12.2 Å². The molecule has 7 nitrogen and oxygen atoms in total. The van der Waals surface area contributed by atoms with E-state index >= 15 is 0 Å². The molecule has 2 aromatic rings. The van der Waals surface area contributed by atoms with E-state index in [0.717, 1.165) is 50.0 Å². The van der Waals surface area contributed by atoms with Crippen molar-refractivity contribution >= 4 is 17.4 Å². The first kappa shape index (κ1) is 27.3. The molecule has 1 fully saturated rings. The van der Waals surface area contributed by atoms with Gasteiger partial charge in [0.2, 0.25) is 5.82 Å². The molecule has 0 radical (unpaired) electrons. The second-order valence-corrected chi connectivity index (χ2v) is 10.3. The summed E-state index contributed by atoms with van der Waals surface area (Å²) in [5.41, 5.74) is 0.395. The first-order chi connectivity index (χ1) is 16.7. The second-order valence-electron chi connectivity index (χ2n) is 9.35. The first-order valence-corrected chi connectivity index (χ1v) is 12.8. The molecule has 0 unspecified atom stereocenters. The standard InChI is InChI=1S/C25H34F2N2O5S/c1-25(2,3)34-24(30)28-10-13-32-14-15-33-23-18(5-6-19(26)22(23)27)20-16-35-21(29-20)7-4-17-8-11-31-12-9-17/h5-6,16-17H,4,7-15H2,1-3H3,(H,28,30). The van der Waals surface area contributed by atoms with Crippen molar-refractivity contribution in [2.45, 2.75) is 52.1 Å². The third-order valence-corrected chi connectivity index (χ3v) is 6.28. The molecule has 0 atom stereocenters. The zero-order chi connectivity index (χ0) is 25.3. The number of nitrogens with one attached hydrogen (secondary N) is 1. The number of aryl methyl sites for hydroxylation is 1. The Labute approximate surface area is 209 Å². The quantitative estimate of drug-likeness (QED) is 0.408. The summed E-state index contributed by atoms with van der Waals surface area (Å²) in [5, 5.41) is 5.38. The van der Waals surface area contributed by atoms with Crippen molar-refractivity contribution in [2.24, 2.45) is 5.92 Å². The van der Waals surface area contributed by atoms with Crippen molar-refractivity contribution in [3.8, 4) is 17.0 Å². The molecule has 1 saturated heterocycles. The number of hydrogen-bond donors (Lipinski definition) is 1. The lowest BCUT2D eigenvalue weighted by Gasteiger charge is -2.21. The lowest BCUT2D eigenvalue weighted by Crippen LogP contribution is -2.34. The molecule has 0 spiro atoms. The van der Waals surface area contributed by atoms with Crippen molar-refractivity contribution in [1.29, 1.82) is 0 Å². The highest BCUT2D eigenvalue weighted by Crippen LogP contribution is 2.35. The van der Waals surface area contributed by atoms with Crippen molar-refractivity contribution in [2.75, 3.05) is 39.6 Å². The van der Waals surface area contributed by atoms with Gasteiger partial charge in [-0.1, -0.05) is 0 Å². The van der Waals surface area contributed by atoms with E-state index in [9.17, 15) is 13.6 Å². The SMILES string of the molecule is CC(C)(C)OC(=O)NCCOCCOc1c(-c2csc(CCC3CCOCC3)n2)ccc(F)c1F. The van der Waals surface area contributed by atoms with Crippen molar-refractivity contribution in [3.63, 3.8) is 0 Å². The molecule has 0 bridgehead atoms. The number of aromatic nitrogens is 1. The van der Waals surface area contributed by atoms with Crippen LogP contribution in [0.2, 0.25) is 0 Å². The predicted molar refractivity (Wildman–Crippen MR) is 130 cm³/mol. The number of nitrogens with zero attached hydrogens (tertiary/aromatic N) is 1.